The number of hydrogen-bond acceptors (Lipinski definition) is 5. The summed E-state index contributed by atoms with van der Waals surface area (Å²) < 4.78 is 12.2. The van der Waals surface area contributed by atoms with Crippen molar-refractivity contribution >= 4 is 30.8 Å². The molecule has 1 unspecified atom stereocenters. The van der Waals surface area contributed by atoms with Crippen molar-refractivity contribution in [3.05, 3.63) is 59.8 Å². The Kier molecular flexibility index (Phi) is 7.13. The molecule has 0 spiro atoms. The predicted octanol–water partition coefficient (Wildman–Crippen LogP) is 4.38. The number of nitrogens with one attached hydrogen (secondary N) is 2. The van der Waals surface area contributed by atoms with Gasteiger partial charge in [0.25, 0.3) is 0 Å². The summed E-state index contributed by atoms with van der Waals surface area (Å²) >= 11 is 0. The number of rotatable bonds is 8. The number of benzene rings is 2. The predicted molar refractivity (Wildman–Crippen MR) is 136 cm³/mol. The Morgan fingerprint density at radius 2 is 2.03 bits per heavy atom. The minimum Gasteiger partial charge on any atom is -0.490 e. The third kappa shape index (κ3) is 4.90. The molecule has 4 N–H and O–H groups in total. The number of amides is 1. The minimum absolute atomic E-state index is 0.000140. The monoisotopic (exact) mass is 482 g/mol. The normalized spacial score (nSPS) is 21.1. The number of carbonyl (C=O) groups excluding carboxylic acids is 1. The molecule has 0 bridgehead atoms. The van der Waals surface area contributed by atoms with Gasteiger partial charge in [-0.2, -0.15) is 0 Å². The quantitative estimate of drug-likeness (QED) is 0.357. The van der Waals surface area contributed by atoms with E-state index in [0.717, 1.165) is 22.0 Å². The van der Waals surface area contributed by atoms with Gasteiger partial charge in [0.05, 0.1) is 12.5 Å². The van der Waals surface area contributed by atoms with E-state index in [2.05, 4.69) is 17.2 Å². The number of aromatic amines is 1. The number of fused-ring (bicyclic) bond motifs is 2. The van der Waals surface area contributed by atoms with Crippen molar-refractivity contribution < 1.29 is 24.2 Å². The van der Waals surface area contributed by atoms with E-state index in [1.165, 1.54) is 0 Å². The molecular formula is C26H34N2O5Si. The van der Waals surface area contributed by atoms with Gasteiger partial charge in [0.15, 0.2) is 8.32 Å². The number of aliphatic hydroxyl groups is 1. The number of methoxy groups -OCH3 is 1. The van der Waals surface area contributed by atoms with E-state index in [4.69, 9.17) is 9.47 Å². The van der Waals surface area contributed by atoms with Crippen molar-refractivity contribution in [2.45, 2.75) is 50.6 Å². The molecule has 182 valence electrons. The number of para-hydroxylation sites is 1. The first-order chi connectivity index (χ1) is 16.2. The van der Waals surface area contributed by atoms with E-state index in [-0.39, 0.29) is 42.6 Å². The first-order valence-corrected chi connectivity index (χ1v) is 14.8. The number of hydrogen-bond donors (Lipinski definition) is 4. The van der Waals surface area contributed by atoms with Crippen LogP contribution in [0.3, 0.4) is 0 Å². The molecule has 34 heavy (non-hydrogen) atoms. The van der Waals surface area contributed by atoms with Gasteiger partial charge in [0.2, 0.25) is 5.91 Å². The number of carbonyl (C=O) groups is 1. The van der Waals surface area contributed by atoms with Crippen molar-refractivity contribution in [1.82, 2.24) is 4.98 Å². The second-order valence-electron chi connectivity index (χ2n) is 9.71. The van der Waals surface area contributed by atoms with Crippen molar-refractivity contribution in [3.63, 3.8) is 0 Å². The highest BCUT2D eigenvalue weighted by Crippen LogP contribution is 2.47. The largest absolute Gasteiger partial charge is 0.490 e. The fourth-order valence-electron chi connectivity index (χ4n) is 5.17. The fourth-order valence-corrected chi connectivity index (χ4v) is 7.18. The minimum atomic E-state index is -2.58. The zero-order valence-electron chi connectivity index (χ0n) is 20.2. The number of aromatic nitrogens is 1. The molecule has 0 saturated heterocycles. The number of ether oxygens (including phenoxy) is 2. The summed E-state index contributed by atoms with van der Waals surface area (Å²) in [6.45, 7) is 5.81. The van der Waals surface area contributed by atoms with E-state index >= 15 is 0 Å². The van der Waals surface area contributed by atoms with E-state index in [1.54, 1.807) is 7.11 Å². The van der Waals surface area contributed by atoms with E-state index in [0.29, 0.717) is 17.9 Å². The Morgan fingerprint density at radius 1 is 1.26 bits per heavy atom. The van der Waals surface area contributed by atoms with Crippen LogP contribution in [0.4, 0.5) is 5.69 Å². The van der Waals surface area contributed by atoms with Crippen LogP contribution in [0.15, 0.2) is 48.7 Å². The molecule has 3 aromatic rings. The van der Waals surface area contributed by atoms with Gasteiger partial charge in [-0.1, -0.05) is 25.1 Å². The van der Waals surface area contributed by atoms with Crippen LogP contribution in [0.1, 0.15) is 30.6 Å². The van der Waals surface area contributed by atoms with E-state index in [9.17, 15) is 14.7 Å². The highest BCUT2D eigenvalue weighted by atomic mass is 28.4. The van der Waals surface area contributed by atoms with Gasteiger partial charge in [-0.15, -0.1) is 0 Å². The number of aliphatic hydroxyl groups excluding tert-OH is 1. The Morgan fingerprint density at radius 3 is 2.74 bits per heavy atom. The van der Waals surface area contributed by atoms with Crippen LogP contribution in [0.5, 0.6) is 5.75 Å². The Balaban J connectivity index is 1.54. The second-order valence-corrected chi connectivity index (χ2v) is 13.8. The van der Waals surface area contributed by atoms with Crippen molar-refractivity contribution in [3.8, 4) is 5.75 Å². The Labute approximate surface area is 201 Å². The first-order valence-electron chi connectivity index (χ1n) is 11.7. The molecule has 0 radical (unpaired) electrons. The van der Waals surface area contributed by atoms with Gasteiger partial charge in [-0.05, 0) is 49.3 Å². The number of anilines is 1. The maximum atomic E-state index is 12.8. The maximum absolute atomic E-state index is 12.8. The Bertz CT molecular complexity index is 1160. The molecular weight excluding hydrogens is 448 g/mol. The average Bonchev–Trinajstić information content (AvgIpc) is 3.19. The Hall–Kier alpha value is -2.65. The molecule has 2 heterocycles. The smallest absolute Gasteiger partial charge is 0.228 e. The van der Waals surface area contributed by atoms with Gasteiger partial charge >= 0.3 is 0 Å². The molecule has 1 aromatic heterocycles. The van der Waals surface area contributed by atoms with Crippen LogP contribution in [-0.4, -0.2) is 48.9 Å². The first kappa shape index (κ1) is 24.5. The molecule has 4 atom stereocenters. The van der Waals surface area contributed by atoms with Crippen molar-refractivity contribution in [1.29, 1.82) is 0 Å². The van der Waals surface area contributed by atoms with Crippen LogP contribution < -0.4 is 10.1 Å². The molecule has 0 aliphatic carbocycles. The lowest BCUT2D eigenvalue weighted by Crippen LogP contribution is -2.48. The lowest BCUT2D eigenvalue weighted by Gasteiger charge is -2.43. The lowest BCUT2D eigenvalue weighted by atomic mass is 9.86. The highest BCUT2D eigenvalue weighted by molar-refractivity contribution is 6.71. The van der Waals surface area contributed by atoms with Gasteiger partial charge < -0.3 is 29.7 Å². The zero-order valence-corrected chi connectivity index (χ0v) is 21.2. The third-order valence-electron chi connectivity index (χ3n) is 6.88. The molecule has 8 heteroatoms. The summed E-state index contributed by atoms with van der Waals surface area (Å²) in [5.74, 6) is 0.549. The molecule has 4 rings (SSSR count). The highest BCUT2D eigenvalue weighted by Gasteiger charge is 2.46. The summed E-state index contributed by atoms with van der Waals surface area (Å²) in [7, 11) is -0.919. The SMILES string of the molecule is CO[C@@H]1c2cc(NC(=O)Cc3c[nH]c4ccccc34)ccc2O[C@H](C(CCO)[Si](C)(C)O)[C@H]1C. The van der Waals surface area contributed by atoms with Gasteiger partial charge in [-0.25, -0.2) is 0 Å². The summed E-state index contributed by atoms with van der Waals surface area (Å²) in [6, 6.07) is 13.5. The van der Waals surface area contributed by atoms with Crippen LogP contribution in [0.2, 0.25) is 18.6 Å². The summed E-state index contributed by atoms with van der Waals surface area (Å²) in [5, 5.41) is 13.6. The van der Waals surface area contributed by atoms with Gasteiger partial charge in [-0.3, -0.25) is 4.79 Å². The van der Waals surface area contributed by atoms with Gasteiger partial charge in [0, 0.05) is 53.5 Å². The van der Waals surface area contributed by atoms with Crippen LogP contribution >= 0.6 is 0 Å². The average molecular weight is 483 g/mol. The molecule has 0 fully saturated rings. The van der Waals surface area contributed by atoms with E-state index < -0.39 is 8.32 Å². The molecule has 2 aromatic carbocycles. The van der Waals surface area contributed by atoms with Crippen molar-refractivity contribution in [2.75, 3.05) is 19.0 Å². The topological polar surface area (TPSA) is 104 Å². The zero-order chi connectivity index (χ0) is 24.5. The van der Waals surface area contributed by atoms with Crippen LogP contribution in [0, 0.1) is 5.92 Å². The molecule has 0 saturated carbocycles. The summed E-state index contributed by atoms with van der Waals surface area (Å²) in [4.78, 5) is 26.9. The standard InChI is InChI=1S/C26H34N2O5Si/c1-16-25(32-2)20-14-18(9-10-22(20)33-26(16)23(11-12-29)34(3,4)31)28-24(30)13-17-15-27-21-8-6-5-7-19(17)21/h5-10,14-16,23,25-27,29,31H,11-13H2,1-4H3,(H,28,30)/t16-,23?,25-,26-/m0/s1. The lowest BCUT2D eigenvalue weighted by molar-refractivity contribution is -0.115. The van der Waals surface area contributed by atoms with Crippen molar-refractivity contribution in [2.24, 2.45) is 5.92 Å². The fraction of sp³-hybridized carbons (Fsp3) is 0.423. The summed E-state index contributed by atoms with van der Waals surface area (Å²) in [6.07, 6.45) is 2.11. The summed E-state index contributed by atoms with van der Waals surface area (Å²) in [5.41, 5.74) is 3.39. The van der Waals surface area contributed by atoms with Gasteiger partial charge in [0.1, 0.15) is 11.9 Å². The maximum Gasteiger partial charge on any atom is 0.228 e. The molecule has 7 nitrogen and oxygen atoms in total. The molecule has 1 amide bonds. The number of H-pyrrole nitrogens is 1. The van der Waals surface area contributed by atoms with E-state index in [1.807, 2.05) is 61.8 Å². The molecule has 1 aliphatic heterocycles. The molecule has 1 aliphatic rings. The second kappa shape index (κ2) is 9.91. The third-order valence-corrected chi connectivity index (χ3v) is 9.31. The van der Waals surface area contributed by atoms with Crippen LogP contribution in [-0.2, 0) is 16.0 Å². The van der Waals surface area contributed by atoms with Crippen LogP contribution in [0.25, 0.3) is 10.9 Å².